The summed E-state index contributed by atoms with van der Waals surface area (Å²) in [5.41, 5.74) is 2.61. The van der Waals surface area contributed by atoms with E-state index in [2.05, 4.69) is 9.82 Å². The van der Waals surface area contributed by atoms with Crippen molar-refractivity contribution in [2.75, 3.05) is 0 Å². The quantitative estimate of drug-likeness (QED) is 0.864. The fourth-order valence-corrected chi connectivity index (χ4v) is 4.29. The molecule has 0 aliphatic rings. The van der Waals surface area contributed by atoms with Gasteiger partial charge < -0.3 is 5.11 Å². The van der Waals surface area contributed by atoms with Gasteiger partial charge in [0, 0.05) is 29.7 Å². The van der Waals surface area contributed by atoms with E-state index in [9.17, 15) is 8.42 Å². The standard InChI is InChI=1S/C12H17N3O3S2/c1-8-10(9(2)15(3)14-8)6-13-20(17,18)12-4-5-19-11(12)7-16/h4-5,13,16H,6-7H2,1-3H3. The largest absolute Gasteiger partial charge is 0.391 e. The summed E-state index contributed by atoms with van der Waals surface area (Å²) in [7, 11) is -1.80. The van der Waals surface area contributed by atoms with Gasteiger partial charge in [0.05, 0.1) is 17.2 Å². The van der Waals surface area contributed by atoms with E-state index in [4.69, 9.17) is 5.11 Å². The molecule has 2 N–H and O–H groups in total. The molecular weight excluding hydrogens is 298 g/mol. The Morgan fingerprint density at radius 3 is 2.70 bits per heavy atom. The van der Waals surface area contributed by atoms with Crippen molar-refractivity contribution in [2.45, 2.75) is 31.9 Å². The first-order valence-corrected chi connectivity index (χ1v) is 8.39. The van der Waals surface area contributed by atoms with Crippen LogP contribution in [0.25, 0.3) is 0 Å². The first-order valence-electron chi connectivity index (χ1n) is 6.02. The second-order valence-corrected chi connectivity index (χ2v) is 7.20. The van der Waals surface area contributed by atoms with Crippen molar-refractivity contribution in [1.29, 1.82) is 0 Å². The van der Waals surface area contributed by atoms with Crippen LogP contribution in [0.5, 0.6) is 0 Å². The Labute approximate surface area is 122 Å². The molecule has 0 spiro atoms. The monoisotopic (exact) mass is 315 g/mol. The van der Waals surface area contributed by atoms with Crippen LogP contribution in [0, 0.1) is 13.8 Å². The number of sulfonamides is 1. The van der Waals surface area contributed by atoms with Crippen molar-refractivity contribution in [3.8, 4) is 0 Å². The molecule has 8 heteroatoms. The van der Waals surface area contributed by atoms with Crippen LogP contribution in [0.4, 0.5) is 0 Å². The Kier molecular flexibility index (Phi) is 4.28. The number of hydrogen-bond donors (Lipinski definition) is 2. The van der Waals surface area contributed by atoms with Gasteiger partial charge in [0.15, 0.2) is 0 Å². The highest BCUT2D eigenvalue weighted by Crippen LogP contribution is 2.22. The number of thiophene rings is 1. The molecule has 0 fully saturated rings. The third kappa shape index (κ3) is 2.78. The molecule has 0 atom stereocenters. The number of rotatable bonds is 5. The zero-order valence-electron chi connectivity index (χ0n) is 11.5. The van der Waals surface area contributed by atoms with E-state index in [-0.39, 0.29) is 18.0 Å². The van der Waals surface area contributed by atoms with E-state index < -0.39 is 10.0 Å². The van der Waals surface area contributed by atoms with Gasteiger partial charge in [-0.1, -0.05) is 0 Å². The van der Waals surface area contributed by atoms with Crippen molar-refractivity contribution in [3.05, 3.63) is 33.3 Å². The summed E-state index contributed by atoms with van der Waals surface area (Å²) in [6.45, 7) is 3.65. The van der Waals surface area contributed by atoms with Crippen molar-refractivity contribution in [1.82, 2.24) is 14.5 Å². The molecule has 0 saturated carbocycles. The highest BCUT2D eigenvalue weighted by atomic mass is 32.2. The molecule has 2 aromatic heterocycles. The molecule has 0 amide bonds. The van der Waals surface area contributed by atoms with Crippen molar-refractivity contribution in [3.63, 3.8) is 0 Å². The van der Waals surface area contributed by atoms with Crippen LogP contribution in [-0.2, 0) is 30.2 Å². The van der Waals surface area contributed by atoms with Gasteiger partial charge in [0.2, 0.25) is 10.0 Å². The Balaban J connectivity index is 2.22. The lowest BCUT2D eigenvalue weighted by molar-refractivity contribution is 0.282. The van der Waals surface area contributed by atoms with Crippen molar-refractivity contribution < 1.29 is 13.5 Å². The van der Waals surface area contributed by atoms with Gasteiger partial charge in [0.25, 0.3) is 0 Å². The van der Waals surface area contributed by atoms with Gasteiger partial charge in [0.1, 0.15) is 0 Å². The summed E-state index contributed by atoms with van der Waals surface area (Å²) in [6.07, 6.45) is 0. The number of hydrogen-bond acceptors (Lipinski definition) is 5. The lowest BCUT2D eigenvalue weighted by Crippen LogP contribution is -2.24. The van der Waals surface area contributed by atoms with Crippen LogP contribution in [-0.4, -0.2) is 23.3 Å². The fraction of sp³-hybridized carbons (Fsp3) is 0.417. The van der Waals surface area contributed by atoms with Gasteiger partial charge >= 0.3 is 0 Å². The maximum absolute atomic E-state index is 12.2. The topological polar surface area (TPSA) is 84.2 Å². The van der Waals surface area contributed by atoms with E-state index in [1.165, 1.54) is 17.4 Å². The minimum atomic E-state index is -3.62. The first-order chi connectivity index (χ1) is 9.36. The molecule has 0 radical (unpaired) electrons. The van der Waals surface area contributed by atoms with Crippen LogP contribution in [0.3, 0.4) is 0 Å². The van der Waals surface area contributed by atoms with Gasteiger partial charge in [-0.05, 0) is 25.3 Å². The minimum absolute atomic E-state index is 0.143. The van der Waals surface area contributed by atoms with Crippen molar-refractivity contribution in [2.24, 2.45) is 7.05 Å². The molecule has 0 aliphatic heterocycles. The number of nitrogens with one attached hydrogen (secondary N) is 1. The van der Waals surface area contributed by atoms with Gasteiger partial charge in [-0.25, -0.2) is 13.1 Å². The summed E-state index contributed by atoms with van der Waals surface area (Å²) < 4.78 is 28.8. The van der Waals surface area contributed by atoms with Gasteiger partial charge in [-0.3, -0.25) is 4.68 Å². The Morgan fingerprint density at radius 1 is 1.45 bits per heavy atom. The van der Waals surface area contributed by atoms with Crippen LogP contribution >= 0.6 is 11.3 Å². The average Bonchev–Trinajstić information content (AvgIpc) is 2.95. The van der Waals surface area contributed by atoms with Crippen LogP contribution in [0.2, 0.25) is 0 Å². The number of aryl methyl sites for hydroxylation is 2. The first kappa shape index (κ1) is 15.2. The number of aliphatic hydroxyl groups is 1. The van der Waals surface area contributed by atoms with Crippen LogP contribution in [0.1, 0.15) is 21.8 Å². The van der Waals surface area contributed by atoms with Crippen LogP contribution < -0.4 is 4.72 Å². The highest BCUT2D eigenvalue weighted by molar-refractivity contribution is 7.89. The summed E-state index contributed by atoms with van der Waals surface area (Å²) in [4.78, 5) is 0.585. The molecular formula is C12H17N3O3S2. The van der Waals surface area contributed by atoms with E-state index in [1.807, 2.05) is 20.9 Å². The summed E-state index contributed by atoms with van der Waals surface area (Å²) >= 11 is 1.22. The minimum Gasteiger partial charge on any atom is -0.391 e. The smallest absolute Gasteiger partial charge is 0.242 e. The molecule has 2 aromatic rings. The third-order valence-corrected chi connectivity index (χ3v) is 5.76. The number of nitrogens with zero attached hydrogens (tertiary/aromatic N) is 2. The predicted octanol–water partition coefficient (Wildman–Crippen LogP) is 1.07. The maximum Gasteiger partial charge on any atom is 0.242 e. The molecule has 2 heterocycles. The summed E-state index contributed by atoms with van der Waals surface area (Å²) in [6, 6.07) is 1.50. The summed E-state index contributed by atoms with van der Waals surface area (Å²) in [5, 5.41) is 15.1. The zero-order valence-corrected chi connectivity index (χ0v) is 13.2. The van der Waals surface area contributed by atoms with Gasteiger partial charge in [-0.15, -0.1) is 11.3 Å². The second-order valence-electron chi connectivity index (χ2n) is 4.46. The molecule has 0 bridgehead atoms. The van der Waals surface area contributed by atoms with Crippen LogP contribution in [0.15, 0.2) is 16.3 Å². The third-order valence-electron chi connectivity index (χ3n) is 3.24. The fourth-order valence-electron chi connectivity index (χ4n) is 2.00. The SMILES string of the molecule is Cc1nn(C)c(C)c1CNS(=O)(=O)c1ccsc1CO. The molecule has 0 aliphatic carbocycles. The lowest BCUT2D eigenvalue weighted by Gasteiger charge is -2.07. The molecule has 0 unspecified atom stereocenters. The average molecular weight is 315 g/mol. The Hall–Kier alpha value is -1.22. The second kappa shape index (κ2) is 5.65. The highest BCUT2D eigenvalue weighted by Gasteiger charge is 2.20. The van der Waals surface area contributed by atoms with E-state index in [1.54, 1.807) is 10.1 Å². The molecule has 0 saturated heterocycles. The molecule has 110 valence electrons. The molecule has 0 aromatic carbocycles. The van der Waals surface area contributed by atoms with E-state index in [0.717, 1.165) is 17.0 Å². The normalized spacial score (nSPS) is 12.0. The molecule has 2 rings (SSSR count). The summed E-state index contributed by atoms with van der Waals surface area (Å²) in [5.74, 6) is 0. The molecule has 20 heavy (non-hydrogen) atoms. The lowest BCUT2D eigenvalue weighted by atomic mass is 10.2. The number of aliphatic hydroxyl groups excluding tert-OH is 1. The van der Waals surface area contributed by atoms with Gasteiger partial charge in [-0.2, -0.15) is 5.10 Å². The van der Waals surface area contributed by atoms with E-state index in [0.29, 0.717) is 4.88 Å². The maximum atomic E-state index is 12.2. The van der Waals surface area contributed by atoms with E-state index >= 15 is 0 Å². The zero-order chi connectivity index (χ0) is 14.9. The molecule has 6 nitrogen and oxygen atoms in total. The Morgan fingerprint density at radius 2 is 2.15 bits per heavy atom. The predicted molar refractivity (Wildman–Crippen MR) is 76.9 cm³/mol. The number of aromatic nitrogens is 2. The van der Waals surface area contributed by atoms with Crippen molar-refractivity contribution >= 4 is 21.4 Å². The Bertz CT molecular complexity index is 716.